The molecule has 2 N–H and O–H groups in total. The zero-order valence-electron chi connectivity index (χ0n) is 12.0. The van der Waals surface area contributed by atoms with Crippen molar-refractivity contribution in [2.75, 3.05) is 17.7 Å². The Hall–Kier alpha value is -1.81. The molecule has 2 aromatic rings. The summed E-state index contributed by atoms with van der Waals surface area (Å²) in [5, 5.41) is 7.12. The number of hydrogen-bond acceptors (Lipinski definition) is 4. The molecule has 0 aliphatic heterocycles. The van der Waals surface area contributed by atoms with E-state index < -0.39 is 0 Å². The van der Waals surface area contributed by atoms with Crippen LogP contribution in [-0.4, -0.2) is 17.0 Å². The molecule has 0 radical (unpaired) electrons. The largest absolute Gasteiger partial charge is 0.373 e. The van der Waals surface area contributed by atoms with Gasteiger partial charge in [0.05, 0.1) is 0 Å². The summed E-state index contributed by atoms with van der Waals surface area (Å²) in [5.41, 5.74) is 1.91. The monoisotopic (exact) mass is 290 g/mol. The second-order valence-electron chi connectivity index (χ2n) is 4.60. The summed E-state index contributed by atoms with van der Waals surface area (Å²) in [4.78, 5) is 9.10. The maximum atomic E-state index is 6.01. The maximum absolute atomic E-state index is 6.01. The predicted octanol–water partition coefficient (Wildman–Crippen LogP) is 4.18. The minimum absolute atomic E-state index is 0.698. The average Bonchev–Trinajstić information content (AvgIpc) is 2.42. The standard InChI is InChI=1S/C15H19ClN4/c1-4-6-13-19-14(17-3)10(2)15(20-13)18-12-8-5-7-11(16)9-12/h5,7-9H,4,6H2,1-3H3,(H2,17,18,19,20). The van der Waals surface area contributed by atoms with Gasteiger partial charge in [0, 0.05) is 29.7 Å². The smallest absolute Gasteiger partial charge is 0.139 e. The van der Waals surface area contributed by atoms with Gasteiger partial charge in [0.2, 0.25) is 0 Å². The zero-order chi connectivity index (χ0) is 14.5. The Kier molecular flexibility index (Phi) is 4.79. The van der Waals surface area contributed by atoms with Crippen molar-refractivity contribution in [3.05, 3.63) is 40.7 Å². The van der Waals surface area contributed by atoms with Crippen molar-refractivity contribution in [1.82, 2.24) is 9.97 Å². The number of hydrogen-bond donors (Lipinski definition) is 2. The Morgan fingerprint density at radius 3 is 2.60 bits per heavy atom. The summed E-state index contributed by atoms with van der Waals surface area (Å²) in [5.74, 6) is 2.51. The van der Waals surface area contributed by atoms with E-state index in [-0.39, 0.29) is 0 Å². The van der Waals surface area contributed by atoms with Crippen LogP contribution in [0.25, 0.3) is 0 Å². The third kappa shape index (κ3) is 3.39. The van der Waals surface area contributed by atoms with Gasteiger partial charge in [0.1, 0.15) is 17.5 Å². The molecule has 0 unspecified atom stereocenters. The lowest BCUT2D eigenvalue weighted by Crippen LogP contribution is -2.07. The van der Waals surface area contributed by atoms with E-state index in [0.29, 0.717) is 5.02 Å². The van der Waals surface area contributed by atoms with Crippen molar-refractivity contribution in [3.8, 4) is 0 Å². The van der Waals surface area contributed by atoms with Crippen molar-refractivity contribution >= 4 is 28.9 Å². The molecule has 2 rings (SSSR count). The van der Waals surface area contributed by atoms with Crippen LogP contribution in [-0.2, 0) is 6.42 Å². The van der Waals surface area contributed by atoms with Gasteiger partial charge in [0.25, 0.3) is 0 Å². The number of nitrogens with zero attached hydrogens (tertiary/aromatic N) is 2. The van der Waals surface area contributed by atoms with Crippen LogP contribution in [0, 0.1) is 6.92 Å². The highest BCUT2D eigenvalue weighted by Crippen LogP contribution is 2.25. The molecular weight excluding hydrogens is 272 g/mol. The molecule has 0 saturated carbocycles. The highest BCUT2D eigenvalue weighted by molar-refractivity contribution is 6.30. The van der Waals surface area contributed by atoms with Gasteiger partial charge in [-0.05, 0) is 31.5 Å². The van der Waals surface area contributed by atoms with E-state index in [4.69, 9.17) is 11.6 Å². The predicted molar refractivity (Wildman–Crippen MR) is 85.0 cm³/mol. The van der Waals surface area contributed by atoms with Crippen LogP contribution in [0.15, 0.2) is 24.3 Å². The van der Waals surface area contributed by atoms with E-state index in [1.807, 2.05) is 38.2 Å². The van der Waals surface area contributed by atoms with Gasteiger partial charge < -0.3 is 10.6 Å². The topological polar surface area (TPSA) is 49.8 Å². The molecule has 106 valence electrons. The number of anilines is 3. The van der Waals surface area contributed by atoms with E-state index in [9.17, 15) is 0 Å². The molecule has 1 aromatic heterocycles. The number of halogens is 1. The Morgan fingerprint density at radius 2 is 1.95 bits per heavy atom. The van der Waals surface area contributed by atoms with Gasteiger partial charge in [-0.15, -0.1) is 0 Å². The van der Waals surface area contributed by atoms with E-state index in [1.165, 1.54) is 0 Å². The van der Waals surface area contributed by atoms with Crippen LogP contribution in [0.4, 0.5) is 17.3 Å². The summed E-state index contributed by atoms with van der Waals surface area (Å²) in [6.07, 6.45) is 1.88. The van der Waals surface area contributed by atoms with Crippen molar-refractivity contribution in [3.63, 3.8) is 0 Å². The minimum atomic E-state index is 0.698. The van der Waals surface area contributed by atoms with Crippen molar-refractivity contribution in [2.45, 2.75) is 26.7 Å². The maximum Gasteiger partial charge on any atom is 0.139 e. The molecule has 0 bridgehead atoms. The van der Waals surface area contributed by atoms with Gasteiger partial charge in [0.15, 0.2) is 0 Å². The number of aromatic nitrogens is 2. The third-order valence-corrected chi connectivity index (χ3v) is 3.22. The summed E-state index contributed by atoms with van der Waals surface area (Å²) in [6.45, 7) is 4.11. The second kappa shape index (κ2) is 6.57. The molecule has 1 aromatic carbocycles. The Morgan fingerprint density at radius 1 is 1.20 bits per heavy atom. The summed E-state index contributed by atoms with van der Waals surface area (Å²) in [6, 6.07) is 7.60. The SMILES string of the molecule is CCCc1nc(NC)c(C)c(Nc2cccc(Cl)c2)n1. The van der Waals surface area contributed by atoms with Gasteiger partial charge in [-0.1, -0.05) is 24.6 Å². The highest BCUT2D eigenvalue weighted by Gasteiger charge is 2.10. The van der Waals surface area contributed by atoms with Crippen LogP contribution in [0.1, 0.15) is 24.7 Å². The zero-order valence-corrected chi connectivity index (χ0v) is 12.8. The van der Waals surface area contributed by atoms with Gasteiger partial charge in [-0.2, -0.15) is 0 Å². The molecule has 5 heteroatoms. The summed E-state index contributed by atoms with van der Waals surface area (Å²) >= 11 is 6.01. The molecule has 0 aliphatic carbocycles. The lowest BCUT2D eigenvalue weighted by atomic mass is 10.2. The molecule has 0 atom stereocenters. The first-order valence-electron chi connectivity index (χ1n) is 6.72. The first-order chi connectivity index (χ1) is 9.63. The fourth-order valence-electron chi connectivity index (χ4n) is 1.97. The van der Waals surface area contributed by atoms with Gasteiger partial charge >= 0.3 is 0 Å². The number of rotatable bonds is 5. The molecular formula is C15H19ClN4. The molecule has 1 heterocycles. The molecule has 0 spiro atoms. The van der Waals surface area contributed by atoms with E-state index in [0.717, 1.165) is 41.6 Å². The normalized spacial score (nSPS) is 10.4. The molecule has 0 amide bonds. The first-order valence-corrected chi connectivity index (χ1v) is 7.09. The van der Waals surface area contributed by atoms with E-state index in [2.05, 4.69) is 27.5 Å². The molecule has 0 saturated heterocycles. The minimum Gasteiger partial charge on any atom is -0.373 e. The number of nitrogens with one attached hydrogen (secondary N) is 2. The first kappa shape index (κ1) is 14.6. The molecule has 0 fully saturated rings. The van der Waals surface area contributed by atoms with Crippen molar-refractivity contribution < 1.29 is 0 Å². The lowest BCUT2D eigenvalue weighted by molar-refractivity contribution is 0.835. The van der Waals surface area contributed by atoms with Crippen molar-refractivity contribution in [2.24, 2.45) is 0 Å². The van der Waals surface area contributed by atoms with E-state index >= 15 is 0 Å². The van der Waals surface area contributed by atoms with Crippen LogP contribution >= 0.6 is 11.6 Å². The lowest BCUT2D eigenvalue weighted by Gasteiger charge is -2.13. The molecule has 20 heavy (non-hydrogen) atoms. The average molecular weight is 291 g/mol. The van der Waals surface area contributed by atoms with Crippen LogP contribution < -0.4 is 10.6 Å². The Bertz CT molecular complexity index is 598. The fourth-order valence-corrected chi connectivity index (χ4v) is 2.16. The quantitative estimate of drug-likeness (QED) is 0.867. The van der Waals surface area contributed by atoms with Gasteiger partial charge in [-0.25, -0.2) is 9.97 Å². The molecule has 4 nitrogen and oxygen atoms in total. The van der Waals surface area contributed by atoms with Crippen molar-refractivity contribution in [1.29, 1.82) is 0 Å². The third-order valence-electron chi connectivity index (χ3n) is 2.99. The Labute approximate surface area is 124 Å². The van der Waals surface area contributed by atoms with Gasteiger partial charge in [-0.3, -0.25) is 0 Å². The van der Waals surface area contributed by atoms with E-state index in [1.54, 1.807) is 0 Å². The summed E-state index contributed by atoms with van der Waals surface area (Å²) in [7, 11) is 1.87. The summed E-state index contributed by atoms with van der Waals surface area (Å²) < 4.78 is 0. The number of aryl methyl sites for hydroxylation is 1. The second-order valence-corrected chi connectivity index (χ2v) is 5.03. The van der Waals surface area contributed by atoms with Crippen LogP contribution in [0.3, 0.4) is 0 Å². The van der Waals surface area contributed by atoms with Crippen LogP contribution in [0.2, 0.25) is 5.02 Å². The fraction of sp³-hybridized carbons (Fsp3) is 0.333. The highest BCUT2D eigenvalue weighted by atomic mass is 35.5. The number of benzene rings is 1. The molecule has 0 aliphatic rings. The van der Waals surface area contributed by atoms with Crippen LogP contribution in [0.5, 0.6) is 0 Å². The Balaban J connectivity index is 2.36.